The van der Waals surface area contributed by atoms with Crippen molar-refractivity contribution >= 4 is 17.4 Å². The van der Waals surface area contributed by atoms with E-state index in [2.05, 4.69) is 35.3 Å². The van der Waals surface area contributed by atoms with Crippen LogP contribution in [0.5, 0.6) is 0 Å². The average molecular weight is 460 g/mol. The average Bonchev–Trinajstić information content (AvgIpc) is 2.90. The molecule has 5 rings (SSSR count). The highest BCUT2D eigenvalue weighted by molar-refractivity contribution is 6.30. The lowest BCUT2D eigenvalue weighted by atomic mass is 10.0. The molecule has 0 spiro atoms. The molecule has 0 aliphatic carbocycles. The SMILES string of the molecule is N=C(/N=c1\[nH]cc(-c2ccccc2)cc1-c1ccccc1)c1cccc(-c2cccc(Cl)c2)c1. The third-order valence-electron chi connectivity index (χ3n) is 5.63. The van der Waals surface area contributed by atoms with Gasteiger partial charge in [0.1, 0.15) is 5.49 Å². The zero-order valence-electron chi connectivity index (χ0n) is 18.4. The Morgan fingerprint density at radius 2 is 1.24 bits per heavy atom. The number of pyridine rings is 1. The Bertz CT molecular complexity index is 1520. The number of halogens is 1. The van der Waals surface area contributed by atoms with Gasteiger partial charge in [-0.15, -0.1) is 0 Å². The summed E-state index contributed by atoms with van der Waals surface area (Å²) in [6.07, 6.45) is 1.94. The molecule has 4 aromatic carbocycles. The molecule has 0 bridgehead atoms. The van der Waals surface area contributed by atoms with Gasteiger partial charge in [0.05, 0.1) is 0 Å². The van der Waals surface area contributed by atoms with Crippen molar-refractivity contribution < 1.29 is 0 Å². The first kappa shape index (κ1) is 21.6. The molecule has 0 fully saturated rings. The zero-order chi connectivity index (χ0) is 23.3. The van der Waals surface area contributed by atoms with Crippen molar-refractivity contribution in [3.8, 4) is 33.4 Å². The highest BCUT2D eigenvalue weighted by atomic mass is 35.5. The molecule has 0 saturated carbocycles. The molecule has 4 heteroatoms. The topological polar surface area (TPSA) is 52.0 Å². The van der Waals surface area contributed by atoms with Gasteiger partial charge in [-0.25, -0.2) is 4.99 Å². The fourth-order valence-corrected chi connectivity index (χ4v) is 4.10. The molecule has 0 saturated heterocycles. The monoisotopic (exact) mass is 459 g/mol. The molecule has 1 heterocycles. The maximum absolute atomic E-state index is 8.73. The summed E-state index contributed by atoms with van der Waals surface area (Å²) >= 11 is 6.17. The Morgan fingerprint density at radius 3 is 1.94 bits per heavy atom. The summed E-state index contributed by atoms with van der Waals surface area (Å²) in [6.45, 7) is 0. The van der Waals surface area contributed by atoms with Crippen LogP contribution in [0.4, 0.5) is 0 Å². The highest BCUT2D eigenvalue weighted by Crippen LogP contribution is 2.25. The molecule has 3 nitrogen and oxygen atoms in total. The summed E-state index contributed by atoms with van der Waals surface area (Å²) < 4.78 is 0. The first-order valence-electron chi connectivity index (χ1n) is 11.0. The number of amidine groups is 1. The lowest BCUT2D eigenvalue weighted by Crippen LogP contribution is -2.14. The number of rotatable bonds is 4. The van der Waals surface area contributed by atoms with Crippen molar-refractivity contribution in [2.45, 2.75) is 0 Å². The van der Waals surface area contributed by atoms with Crippen LogP contribution >= 0.6 is 11.6 Å². The smallest absolute Gasteiger partial charge is 0.154 e. The summed E-state index contributed by atoms with van der Waals surface area (Å²) in [7, 11) is 0. The molecule has 2 N–H and O–H groups in total. The van der Waals surface area contributed by atoms with Gasteiger partial charge in [-0.05, 0) is 52.1 Å². The van der Waals surface area contributed by atoms with Crippen molar-refractivity contribution in [2.24, 2.45) is 4.99 Å². The largest absolute Gasteiger partial charge is 0.345 e. The minimum absolute atomic E-state index is 0.185. The summed E-state index contributed by atoms with van der Waals surface area (Å²) in [5.41, 5.74) is 7.53. The Balaban J connectivity index is 1.58. The number of hydrogen-bond donors (Lipinski definition) is 2. The molecule has 0 radical (unpaired) electrons. The van der Waals surface area contributed by atoms with E-state index in [0.717, 1.165) is 38.9 Å². The molecule has 164 valence electrons. The van der Waals surface area contributed by atoms with Crippen molar-refractivity contribution in [1.82, 2.24) is 4.98 Å². The Kier molecular flexibility index (Phi) is 6.19. The van der Waals surface area contributed by atoms with Crippen LogP contribution in [0.2, 0.25) is 5.02 Å². The Labute approximate surface area is 203 Å². The molecule has 1 aromatic heterocycles. The normalized spacial score (nSPS) is 11.4. The number of hydrogen-bond acceptors (Lipinski definition) is 1. The molecule has 0 amide bonds. The quantitative estimate of drug-likeness (QED) is 0.205. The van der Waals surface area contributed by atoms with Crippen LogP contribution in [0.1, 0.15) is 5.56 Å². The number of nitrogens with zero attached hydrogens (tertiary/aromatic N) is 1. The van der Waals surface area contributed by atoms with E-state index >= 15 is 0 Å². The molecule has 5 aromatic rings. The summed E-state index contributed by atoms with van der Waals surface area (Å²) in [5.74, 6) is 0.185. The molecule has 0 aliphatic rings. The fraction of sp³-hybridized carbons (Fsp3) is 0. The summed E-state index contributed by atoms with van der Waals surface area (Å²) in [6, 6.07) is 38.0. The maximum Gasteiger partial charge on any atom is 0.154 e. The predicted octanol–water partition coefficient (Wildman–Crippen LogP) is 7.60. The predicted molar refractivity (Wildman–Crippen MR) is 141 cm³/mol. The minimum Gasteiger partial charge on any atom is -0.345 e. The summed E-state index contributed by atoms with van der Waals surface area (Å²) in [5, 5.41) is 9.42. The standard InChI is InChI=1S/C30H22ClN3/c31-27-16-8-14-24(18-27)23-13-7-15-25(17-23)29(32)34-30-28(22-11-5-2-6-12-22)19-26(20-33-30)21-9-3-1-4-10-21/h1-20H,(H2,32,33,34). The van der Waals surface area contributed by atoms with Crippen LogP contribution in [0.3, 0.4) is 0 Å². The third kappa shape index (κ3) is 4.75. The molecular formula is C30H22ClN3. The van der Waals surface area contributed by atoms with Crippen molar-refractivity contribution in [3.63, 3.8) is 0 Å². The number of aromatic amines is 1. The molecule has 0 atom stereocenters. The molecule has 0 aliphatic heterocycles. The Hall–Kier alpha value is -4.21. The van der Waals surface area contributed by atoms with Gasteiger partial charge in [-0.2, -0.15) is 0 Å². The van der Waals surface area contributed by atoms with Crippen LogP contribution in [0.15, 0.2) is 126 Å². The van der Waals surface area contributed by atoms with E-state index in [0.29, 0.717) is 10.5 Å². The van der Waals surface area contributed by atoms with E-state index in [1.165, 1.54) is 0 Å². The number of benzene rings is 4. The van der Waals surface area contributed by atoms with Crippen molar-refractivity contribution in [3.05, 3.63) is 138 Å². The minimum atomic E-state index is 0.185. The van der Waals surface area contributed by atoms with E-state index in [-0.39, 0.29) is 5.84 Å². The highest BCUT2D eigenvalue weighted by Gasteiger charge is 2.08. The molecule has 34 heavy (non-hydrogen) atoms. The van der Waals surface area contributed by atoms with Crippen LogP contribution < -0.4 is 5.49 Å². The maximum atomic E-state index is 8.73. The van der Waals surface area contributed by atoms with E-state index in [1.807, 2.05) is 91.1 Å². The second-order valence-electron chi connectivity index (χ2n) is 7.93. The van der Waals surface area contributed by atoms with Crippen LogP contribution in [0, 0.1) is 5.41 Å². The zero-order valence-corrected chi connectivity index (χ0v) is 19.1. The van der Waals surface area contributed by atoms with Crippen LogP contribution in [-0.4, -0.2) is 10.8 Å². The van der Waals surface area contributed by atoms with E-state index in [9.17, 15) is 0 Å². The first-order valence-corrected chi connectivity index (χ1v) is 11.4. The van der Waals surface area contributed by atoms with Crippen LogP contribution in [0.25, 0.3) is 33.4 Å². The van der Waals surface area contributed by atoms with Gasteiger partial charge < -0.3 is 4.98 Å². The summed E-state index contributed by atoms with van der Waals surface area (Å²) in [4.78, 5) is 8.03. The van der Waals surface area contributed by atoms with E-state index in [4.69, 9.17) is 22.0 Å². The van der Waals surface area contributed by atoms with Gasteiger partial charge in [0.15, 0.2) is 5.84 Å². The van der Waals surface area contributed by atoms with Crippen molar-refractivity contribution in [2.75, 3.05) is 0 Å². The molecule has 0 unspecified atom stereocenters. The lowest BCUT2D eigenvalue weighted by Gasteiger charge is -2.09. The van der Waals surface area contributed by atoms with E-state index < -0.39 is 0 Å². The lowest BCUT2D eigenvalue weighted by molar-refractivity contribution is 1.16. The van der Waals surface area contributed by atoms with Gasteiger partial charge in [-0.3, -0.25) is 5.41 Å². The second-order valence-corrected chi connectivity index (χ2v) is 8.37. The third-order valence-corrected chi connectivity index (χ3v) is 5.86. The van der Waals surface area contributed by atoms with Crippen LogP contribution in [-0.2, 0) is 0 Å². The Morgan fingerprint density at radius 1 is 0.618 bits per heavy atom. The molecular weight excluding hydrogens is 438 g/mol. The van der Waals surface area contributed by atoms with Gasteiger partial charge in [-0.1, -0.05) is 103 Å². The first-order chi connectivity index (χ1) is 16.7. The second kappa shape index (κ2) is 9.74. The van der Waals surface area contributed by atoms with Gasteiger partial charge in [0.2, 0.25) is 0 Å². The fourth-order valence-electron chi connectivity index (χ4n) is 3.91. The van der Waals surface area contributed by atoms with Gasteiger partial charge >= 0.3 is 0 Å². The van der Waals surface area contributed by atoms with E-state index in [1.54, 1.807) is 0 Å². The van der Waals surface area contributed by atoms with Crippen molar-refractivity contribution in [1.29, 1.82) is 5.41 Å². The number of nitrogens with one attached hydrogen (secondary N) is 2. The number of H-pyrrole nitrogens is 1. The van der Waals surface area contributed by atoms with Gasteiger partial charge in [0.25, 0.3) is 0 Å². The number of aromatic nitrogens is 1. The van der Waals surface area contributed by atoms with Gasteiger partial charge in [0, 0.05) is 22.3 Å².